The van der Waals surface area contributed by atoms with Gasteiger partial charge in [0.05, 0.1) is 23.0 Å². The van der Waals surface area contributed by atoms with E-state index in [1.54, 1.807) is 13.1 Å². The predicted octanol–water partition coefficient (Wildman–Crippen LogP) is 2.02. The van der Waals surface area contributed by atoms with E-state index in [2.05, 4.69) is 15.3 Å². The number of nitrogens with one attached hydrogen (secondary N) is 2. The molecule has 2 unspecified atom stereocenters. The van der Waals surface area contributed by atoms with E-state index in [9.17, 15) is 9.18 Å². The van der Waals surface area contributed by atoms with Gasteiger partial charge in [0.25, 0.3) is 5.91 Å². The molecule has 138 valence electrons. The Balaban J connectivity index is 0.00000225. The molecule has 1 amide bonds. The lowest BCUT2D eigenvalue weighted by Gasteiger charge is -2.33. The molecule has 25 heavy (non-hydrogen) atoms. The van der Waals surface area contributed by atoms with Gasteiger partial charge in [-0.15, -0.1) is 12.4 Å². The van der Waals surface area contributed by atoms with Gasteiger partial charge in [0.15, 0.2) is 5.82 Å². The number of halogens is 2. The average molecular weight is 372 g/mol. The summed E-state index contributed by atoms with van der Waals surface area (Å²) in [7, 11) is 1.46. The highest BCUT2D eigenvalue weighted by molar-refractivity contribution is 6.07. The molecule has 2 atom stereocenters. The molecule has 7 nitrogen and oxygen atoms in total. The number of piperidine rings is 1. The minimum absolute atomic E-state index is 0. The van der Waals surface area contributed by atoms with Crippen LogP contribution >= 0.6 is 12.4 Å². The van der Waals surface area contributed by atoms with Crippen molar-refractivity contribution in [2.75, 3.05) is 30.4 Å². The number of amides is 1. The molecule has 3 heterocycles. The summed E-state index contributed by atoms with van der Waals surface area (Å²) in [5, 5.41) is 3.33. The molecule has 3 rings (SSSR count). The number of H-pyrrole nitrogens is 1. The zero-order valence-electron chi connectivity index (χ0n) is 14.2. The number of aromatic amines is 1. The lowest BCUT2D eigenvalue weighted by molar-refractivity contribution is -0.124. The fourth-order valence-electron chi connectivity index (χ4n) is 3.02. The first-order valence-electron chi connectivity index (χ1n) is 8.01. The molecule has 4 N–H and O–H groups in total. The van der Waals surface area contributed by atoms with Crippen LogP contribution in [0, 0.1) is 5.82 Å². The van der Waals surface area contributed by atoms with Crippen LogP contribution in [0.25, 0.3) is 11.0 Å². The van der Waals surface area contributed by atoms with E-state index in [1.807, 2.05) is 4.90 Å². The largest absolute Gasteiger partial charge is 0.372 e. The number of hydrogen-bond donors (Lipinski definition) is 3. The van der Waals surface area contributed by atoms with Crippen molar-refractivity contribution in [3.63, 3.8) is 0 Å². The van der Waals surface area contributed by atoms with Gasteiger partial charge >= 0.3 is 0 Å². The number of ether oxygens (including phenoxy) is 1. The molecule has 2 aromatic heterocycles. The zero-order valence-corrected chi connectivity index (χ0v) is 15.0. The number of nitrogens with zero attached hydrogens (tertiary/aromatic N) is 2. The van der Waals surface area contributed by atoms with Gasteiger partial charge in [-0.2, -0.15) is 0 Å². The lowest BCUT2D eigenvalue weighted by atomic mass is 10.1. The number of rotatable bonds is 4. The van der Waals surface area contributed by atoms with Crippen LogP contribution in [0.3, 0.4) is 0 Å². The van der Waals surface area contributed by atoms with Crippen molar-refractivity contribution in [2.24, 2.45) is 5.73 Å². The number of carbonyl (C=O) groups is 1. The molecule has 2 aromatic rings. The van der Waals surface area contributed by atoms with E-state index in [4.69, 9.17) is 10.5 Å². The highest BCUT2D eigenvalue weighted by Crippen LogP contribution is 2.35. The first kappa shape index (κ1) is 19.4. The van der Waals surface area contributed by atoms with Gasteiger partial charge in [0, 0.05) is 32.4 Å². The fourth-order valence-corrected chi connectivity index (χ4v) is 3.02. The van der Waals surface area contributed by atoms with Crippen LogP contribution in [0.4, 0.5) is 15.8 Å². The second kappa shape index (κ2) is 7.99. The van der Waals surface area contributed by atoms with Crippen LogP contribution in [0.1, 0.15) is 19.8 Å². The molecule has 9 heteroatoms. The first-order valence-corrected chi connectivity index (χ1v) is 8.01. The molecule has 0 radical (unpaired) electrons. The Morgan fingerprint density at radius 2 is 2.36 bits per heavy atom. The van der Waals surface area contributed by atoms with Crippen LogP contribution in [-0.2, 0) is 9.53 Å². The van der Waals surface area contributed by atoms with E-state index < -0.39 is 11.9 Å². The summed E-state index contributed by atoms with van der Waals surface area (Å²) in [5.74, 6) is -0.726. The maximum Gasteiger partial charge on any atom is 0.253 e. The summed E-state index contributed by atoms with van der Waals surface area (Å²) in [5.41, 5.74) is 7.47. The van der Waals surface area contributed by atoms with Gasteiger partial charge in [-0.25, -0.2) is 9.37 Å². The number of hydrogen-bond acceptors (Lipinski definition) is 5. The van der Waals surface area contributed by atoms with E-state index in [0.717, 1.165) is 19.4 Å². The van der Waals surface area contributed by atoms with Crippen molar-refractivity contribution in [3.8, 4) is 0 Å². The van der Waals surface area contributed by atoms with E-state index in [1.165, 1.54) is 13.3 Å². The quantitative estimate of drug-likeness (QED) is 0.764. The molecule has 0 spiro atoms. The number of nitrogens with two attached hydrogens (primary N) is 1. The number of anilines is 2. The van der Waals surface area contributed by atoms with Crippen molar-refractivity contribution >= 4 is 40.7 Å². The zero-order chi connectivity index (χ0) is 17.3. The van der Waals surface area contributed by atoms with Crippen molar-refractivity contribution in [2.45, 2.75) is 31.9 Å². The standard InChI is InChI=1S/C16H22FN5O2.ClH/c1-9(24-2)16(23)21-12-7-20-15-13(12)14(11(17)6-19-15)22-5-3-4-10(18)8-22;/h6-7,9-10H,3-5,8,18H2,1-2H3,(H,19,20)(H,21,23);1H. The van der Waals surface area contributed by atoms with Crippen molar-refractivity contribution in [1.29, 1.82) is 0 Å². The summed E-state index contributed by atoms with van der Waals surface area (Å²) in [6.07, 6.45) is 4.03. The summed E-state index contributed by atoms with van der Waals surface area (Å²) in [6, 6.07) is 0.00635. The van der Waals surface area contributed by atoms with Gasteiger partial charge in [-0.3, -0.25) is 4.79 Å². The number of methoxy groups -OCH3 is 1. The number of pyridine rings is 1. The number of fused-ring (bicyclic) bond motifs is 1. The molecule has 0 saturated carbocycles. The molecular formula is C16H23ClFN5O2. The van der Waals surface area contributed by atoms with Crippen molar-refractivity contribution in [3.05, 3.63) is 18.2 Å². The molecule has 1 fully saturated rings. The maximum absolute atomic E-state index is 14.6. The number of carbonyl (C=O) groups excluding carboxylic acids is 1. The van der Waals surface area contributed by atoms with Crippen LogP contribution < -0.4 is 16.0 Å². The van der Waals surface area contributed by atoms with Crippen LogP contribution in [0.15, 0.2) is 12.4 Å². The summed E-state index contributed by atoms with van der Waals surface area (Å²) >= 11 is 0. The van der Waals surface area contributed by atoms with E-state index >= 15 is 0 Å². The SMILES string of the molecule is COC(C)C(=O)Nc1c[nH]c2ncc(F)c(N3CCCC(N)C3)c12.Cl. The monoisotopic (exact) mass is 371 g/mol. The fraction of sp³-hybridized carbons (Fsp3) is 0.500. The summed E-state index contributed by atoms with van der Waals surface area (Å²) in [4.78, 5) is 21.1. The third-order valence-corrected chi connectivity index (χ3v) is 4.38. The Labute approximate surface area is 151 Å². The highest BCUT2D eigenvalue weighted by atomic mass is 35.5. The van der Waals surface area contributed by atoms with Crippen LogP contribution in [-0.4, -0.2) is 48.2 Å². The Bertz CT molecular complexity index is 753. The van der Waals surface area contributed by atoms with Gasteiger partial charge in [0.2, 0.25) is 0 Å². The maximum atomic E-state index is 14.6. The average Bonchev–Trinajstić information content (AvgIpc) is 2.96. The van der Waals surface area contributed by atoms with Crippen LogP contribution in [0.5, 0.6) is 0 Å². The first-order chi connectivity index (χ1) is 11.5. The van der Waals surface area contributed by atoms with E-state index in [0.29, 0.717) is 29.0 Å². The third kappa shape index (κ3) is 3.86. The van der Waals surface area contributed by atoms with Gasteiger partial charge in [0.1, 0.15) is 11.8 Å². The smallest absolute Gasteiger partial charge is 0.253 e. The molecule has 1 saturated heterocycles. The summed E-state index contributed by atoms with van der Waals surface area (Å²) in [6.45, 7) is 2.94. The number of aromatic nitrogens is 2. The molecule has 0 aromatic carbocycles. The predicted molar refractivity (Wildman–Crippen MR) is 97.8 cm³/mol. The molecular weight excluding hydrogens is 349 g/mol. The Morgan fingerprint density at radius 1 is 1.60 bits per heavy atom. The van der Waals surface area contributed by atoms with Gasteiger partial charge in [-0.05, 0) is 19.8 Å². The second-order valence-corrected chi connectivity index (χ2v) is 6.10. The van der Waals surface area contributed by atoms with Gasteiger partial charge < -0.3 is 25.7 Å². The Morgan fingerprint density at radius 3 is 3.04 bits per heavy atom. The molecule has 0 aliphatic carbocycles. The minimum Gasteiger partial charge on any atom is -0.372 e. The molecule has 0 bridgehead atoms. The van der Waals surface area contributed by atoms with Crippen molar-refractivity contribution < 1.29 is 13.9 Å². The third-order valence-electron chi connectivity index (χ3n) is 4.38. The van der Waals surface area contributed by atoms with Crippen LogP contribution in [0.2, 0.25) is 0 Å². The second-order valence-electron chi connectivity index (χ2n) is 6.10. The van der Waals surface area contributed by atoms with E-state index in [-0.39, 0.29) is 24.4 Å². The summed E-state index contributed by atoms with van der Waals surface area (Å²) < 4.78 is 19.6. The molecule has 1 aliphatic heterocycles. The normalized spacial score (nSPS) is 18.7. The Kier molecular flexibility index (Phi) is 6.21. The van der Waals surface area contributed by atoms with Crippen molar-refractivity contribution in [1.82, 2.24) is 9.97 Å². The lowest BCUT2D eigenvalue weighted by Crippen LogP contribution is -2.43. The highest BCUT2D eigenvalue weighted by Gasteiger charge is 2.25. The minimum atomic E-state index is -0.608. The molecule has 1 aliphatic rings. The Hall–Kier alpha value is -1.90. The van der Waals surface area contributed by atoms with Gasteiger partial charge in [-0.1, -0.05) is 0 Å². The topological polar surface area (TPSA) is 96.3 Å².